The van der Waals surface area contributed by atoms with E-state index in [2.05, 4.69) is 66.5 Å². The van der Waals surface area contributed by atoms with Gasteiger partial charge in [0.1, 0.15) is 5.75 Å². The van der Waals surface area contributed by atoms with Crippen LogP contribution < -0.4 is 15.4 Å². The average Bonchev–Trinajstić information content (AvgIpc) is 2.74. The summed E-state index contributed by atoms with van der Waals surface area (Å²) >= 11 is 0. The number of piperazine rings is 1. The fourth-order valence-electron chi connectivity index (χ4n) is 3.45. The second-order valence-corrected chi connectivity index (χ2v) is 8.07. The minimum Gasteiger partial charge on any atom is -0.493 e. The summed E-state index contributed by atoms with van der Waals surface area (Å²) in [5.41, 5.74) is 2.29. The average molecular weight is 420 g/mol. The van der Waals surface area contributed by atoms with Crippen molar-refractivity contribution >= 4 is 5.96 Å². The number of rotatable bonds is 11. The molecule has 7 nitrogen and oxygen atoms in total. The first-order valence-corrected chi connectivity index (χ1v) is 11.2. The van der Waals surface area contributed by atoms with Crippen molar-refractivity contribution in [3.63, 3.8) is 0 Å². The van der Waals surface area contributed by atoms with Gasteiger partial charge in [0, 0.05) is 71.0 Å². The molecule has 1 aromatic rings. The number of likely N-dealkylation sites (N-methyl/N-ethyl adjacent to an activating group) is 1. The van der Waals surface area contributed by atoms with Crippen molar-refractivity contribution in [2.45, 2.75) is 39.8 Å². The van der Waals surface area contributed by atoms with E-state index in [-0.39, 0.29) is 0 Å². The van der Waals surface area contributed by atoms with Gasteiger partial charge in [0.25, 0.3) is 0 Å². The summed E-state index contributed by atoms with van der Waals surface area (Å²) in [7, 11) is 3.91. The maximum Gasteiger partial charge on any atom is 0.191 e. The lowest BCUT2D eigenvalue weighted by Crippen LogP contribution is -2.52. The molecule has 2 rings (SSSR count). The highest BCUT2D eigenvalue weighted by atomic mass is 16.5. The molecule has 7 heteroatoms. The van der Waals surface area contributed by atoms with E-state index in [0.29, 0.717) is 25.8 Å². The van der Waals surface area contributed by atoms with Gasteiger partial charge in [-0.05, 0) is 39.4 Å². The highest BCUT2D eigenvalue weighted by Gasteiger charge is 2.19. The van der Waals surface area contributed by atoms with Crippen LogP contribution in [-0.2, 0) is 11.3 Å². The summed E-state index contributed by atoms with van der Waals surface area (Å²) in [6.07, 6.45) is 0.877. The summed E-state index contributed by atoms with van der Waals surface area (Å²) in [5, 5.41) is 6.88. The second-order valence-electron chi connectivity index (χ2n) is 8.07. The molecule has 1 unspecified atom stereocenters. The monoisotopic (exact) mass is 419 g/mol. The van der Waals surface area contributed by atoms with E-state index in [1.54, 1.807) is 7.11 Å². The van der Waals surface area contributed by atoms with Crippen molar-refractivity contribution in [1.82, 2.24) is 20.4 Å². The first-order valence-electron chi connectivity index (χ1n) is 11.2. The fraction of sp³-hybridized carbons (Fsp3) is 0.696. The number of hydrogen-bond donors (Lipinski definition) is 2. The van der Waals surface area contributed by atoms with Gasteiger partial charge in [-0.2, -0.15) is 0 Å². The molecular formula is C23H41N5O2. The number of benzene rings is 1. The predicted octanol–water partition coefficient (Wildman–Crippen LogP) is 2.10. The molecule has 1 aliphatic heterocycles. The Labute approximate surface area is 182 Å². The number of guanidine groups is 1. The molecular weight excluding hydrogens is 378 g/mol. The Hall–Kier alpha value is -1.83. The van der Waals surface area contributed by atoms with Crippen molar-refractivity contribution in [2.24, 2.45) is 4.99 Å². The normalized spacial score (nSPS) is 17.0. The summed E-state index contributed by atoms with van der Waals surface area (Å²) in [4.78, 5) is 9.74. The van der Waals surface area contributed by atoms with Gasteiger partial charge in [0.15, 0.2) is 5.96 Å². The van der Waals surface area contributed by atoms with E-state index in [1.165, 1.54) is 5.56 Å². The van der Waals surface area contributed by atoms with Crippen LogP contribution in [0.5, 0.6) is 5.75 Å². The number of nitrogens with zero attached hydrogens (tertiary/aromatic N) is 3. The molecule has 0 spiro atoms. The standard InChI is InChI=1S/C23H41N5O2/c1-6-24-23(25-17-20(3)28-12-10-27(4)11-13-28)26-18-21-9-8-19(2)16-22(21)30-15-7-14-29-5/h8-9,16,20H,6-7,10-15,17-18H2,1-5H3,(H2,24,25,26). The Kier molecular flexibility index (Phi) is 11.0. The van der Waals surface area contributed by atoms with Gasteiger partial charge in [-0.25, -0.2) is 4.99 Å². The number of hydrogen-bond acceptors (Lipinski definition) is 5. The maximum atomic E-state index is 6.00. The van der Waals surface area contributed by atoms with Gasteiger partial charge in [0.05, 0.1) is 13.2 Å². The predicted molar refractivity (Wildman–Crippen MR) is 125 cm³/mol. The zero-order valence-electron chi connectivity index (χ0n) is 19.5. The van der Waals surface area contributed by atoms with E-state index in [4.69, 9.17) is 14.5 Å². The highest BCUT2D eigenvalue weighted by molar-refractivity contribution is 5.79. The Bertz CT molecular complexity index is 644. The molecule has 1 aromatic carbocycles. The van der Waals surface area contributed by atoms with Crippen LogP contribution in [0.1, 0.15) is 31.4 Å². The molecule has 170 valence electrons. The number of ether oxygens (including phenoxy) is 2. The van der Waals surface area contributed by atoms with Crippen molar-refractivity contribution in [1.29, 1.82) is 0 Å². The Morgan fingerprint density at radius 1 is 1.17 bits per heavy atom. The molecule has 0 radical (unpaired) electrons. The quantitative estimate of drug-likeness (QED) is 0.325. The van der Waals surface area contributed by atoms with Crippen LogP contribution in [0.3, 0.4) is 0 Å². The van der Waals surface area contributed by atoms with Crippen LogP contribution >= 0.6 is 0 Å². The summed E-state index contributed by atoms with van der Waals surface area (Å²) in [5.74, 6) is 1.76. The Balaban J connectivity index is 1.93. The van der Waals surface area contributed by atoms with E-state index < -0.39 is 0 Å². The second kappa shape index (κ2) is 13.5. The van der Waals surface area contributed by atoms with Crippen LogP contribution in [0.25, 0.3) is 0 Å². The number of aryl methyl sites for hydroxylation is 1. The van der Waals surface area contributed by atoms with E-state index >= 15 is 0 Å². The van der Waals surface area contributed by atoms with Crippen molar-refractivity contribution in [2.75, 3.05) is 66.6 Å². The van der Waals surface area contributed by atoms with Crippen molar-refractivity contribution in [3.05, 3.63) is 29.3 Å². The lowest BCUT2D eigenvalue weighted by molar-refractivity contribution is 0.120. The largest absolute Gasteiger partial charge is 0.493 e. The SMILES string of the molecule is CCNC(=NCc1ccc(C)cc1OCCCOC)NCC(C)N1CCN(C)CC1. The molecule has 30 heavy (non-hydrogen) atoms. The molecule has 1 aliphatic rings. The van der Waals surface area contributed by atoms with Gasteiger partial charge in [-0.1, -0.05) is 12.1 Å². The summed E-state index contributed by atoms with van der Waals surface area (Å²) in [6.45, 7) is 14.6. The summed E-state index contributed by atoms with van der Waals surface area (Å²) < 4.78 is 11.1. The molecule has 1 fully saturated rings. The Morgan fingerprint density at radius 2 is 1.93 bits per heavy atom. The number of methoxy groups -OCH3 is 1. The van der Waals surface area contributed by atoms with E-state index in [0.717, 1.165) is 63.0 Å². The first-order chi connectivity index (χ1) is 14.5. The van der Waals surface area contributed by atoms with Crippen LogP contribution in [0, 0.1) is 6.92 Å². The third-order valence-electron chi connectivity index (χ3n) is 5.45. The van der Waals surface area contributed by atoms with Crippen LogP contribution in [0.15, 0.2) is 23.2 Å². The number of aliphatic imine (C=N–C) groups is 1. The topological polar surface area (TPSA) is 61.4 Å². The molecule has 1 heterocycles. The lowest BCUT2D eigenvalue weighted by Gasteiger charge is -2.36. The summed E-state index contributed by atoms with van der Waals surface area (Å²) in [6, 6.07) is 6.79. The van der Waals surface area contributed by atoms with Gasteiger partial charge < -0.3 is 25.0 Å². The molecule has 1 atom stereocenters. The molecule has 0 bridgehead atoms. The van der Waals surface area contributed by atoms with Crippen molar-refractivity contribution in [3.8, 4) is 5.75 Å². The smallest absolute Gasteiger partial charge is 0.191 e. The molecule has 0 amide bonds. The third-order valence-corrected chi connectivity index (χ3v) is 5.45. The molecule has 0 aliphatic carbocycles. The van der Waals surface area contributed by atoms with E-state index in [1.807, 2.05) is 0 Å². The molecule has 0 saturated carbocycles. The molecule has 2 N–H and O–H groups in total. The van der Waals surface area contributed by atoms with Crippen LogP contribution in [-0.4, -0.2) is 88.4 Å². The number of nitrogens with one attached hydrogen (secondary N) is 2. The van der Waals surface area contributed by atoms with Crippen molar-refractivity contribution < 1.29 is 9.47 Å². The van der Waals surface area contributed by atoms with Crippen LogP contribution in [0.4, 0.5) is 0 Å². The Morgan fingerprint density at radius 3 is 2.63 bits per heavy atom. The minimum atomic E-state index is 0.474. The molecule has 1 saturated heterocycles. The maximum absolute atomic E-state index is 6.00. The van der Waals surface area contributed by atoms with Gasteiger partial charge in [-0.3, -0.25) is 4.90 Å². The van der Waals surface area contributed by atoms with Gasteiger partial charge in [0.2, 0.25) is 0 Å². The highest BCUT2D eigenvalue weighted by Crippen LogP contribution is 2.21. The third kappa shape index (κ3) is 8.50. The van der Waals surface area contributed by atoms with E-state index in [9.17, 15) is 0 Å². The fourth-order valence-corrected chi connectivity index (χ4v) is 3.45. The van der Waals surface area contributed by atoms with Gasteiger partial charge >= 0.3 is 0 Å². The minimum absolute atomic E-state index is 0.474. The first kappa shape index (κ1) is 24.4. The van der Waals surface area contributed by atoms with Crippen LogP contribution in [0.2, 0.25) is 0 Å². The van der Waals surface area contributed by atoms with Gasteiger partial charge in [-0.15, -0.1) is 0 Å². The lowest BCUT2D eigenvalue weighted by atomic mass is 10.1. The zero-order valence-corrected chi connectivity index (χ0v) is 19.5. The molecule has 0 aromatic heterocycles. The zero-order chi connectivity index (χ0) is 21.8.